The number of pyridine rings is 1. The molecule has 2 aromatic carbocycles. The number of ether oxygens (including phenoxy) is 1. The van der Waals surface area contributed by atoms with Crippen LogP contribution in [0.5, 0.6) is 5.75 Å². The molecule has 0 saturated carbocycles. The van der Waals surface area contributed by atoms with Crippen LogP contribution in [-0.4, -0.2) is 29.1 Å². The van der Waals surface area contributed by atoms with Crippen LogP contribution in [0.15, 0.2) is 54.6 Å². The van der Waals surface area contributed by atoms with Gasteiger partial charge in [-0.2, -0.15) is 0 Å². The highest BCUT2D eigenvalue weighted by molar-refractivity contribution is 6.30. The first kappa shape index (κ1) is 22.2. The standard InChI is InChI=1S/C22H17ClF2N2O4/c1-31-19-9-8-17(26-21(19)12-6-7-14(23)16(25)10-12)22(30)27-18(11-20(28)29)13-4-2-3-5-15(13)24/h2-10,18H,11H2,1H3,(H,27,30)(H,28,29)/t18-/m0/s1. The predicted octanol–water partition coefficient (Wildman–Crippen LogP) is 4.63. The van der Waals surface area contributed by atoms with Gasteiger partial charge in [-0.1, -0.05) is 35.9 Å². The largest absolute Gasteiger partial charge is 0.494 e. The van der Waals surface area contributed by atoms with Gasteiger partial charge in [0.1, 0.15) is 28.8 Å². The van der Waals surface area contributed by atoms with E-state index in [1.807, 2.05) is 0 Å². The molecule has 0 fully saturated rings. The molecule has 0 spiro atoms. The fourth-order valence-electron chi connectivity index (χ4n) is 2.99. The number of rotatable bonds is 7. The average molecular weight is 447 g/mol. The molecule has 0 aliphatic heterocycles. The maximum Gasteiger partial charge on any atom is 0.305 e. The van der Waals surface area contributed by atoms with E-state index in [1.54, 1.807) is 0 Å². The number of carbonyl (C=O) groups is 2. The Morgan fingerprint density at radius 1 is 1.13 bits per heavy atom. The summed E-state index contributed by atoms with van der Waals surface area (Å²) >= 11 is 5.72. The van der Waals surface area contributed by atoms with Crippen molar-refractivity contribution in [3.05, 3.63) is 82.5 Å². The van der Waals surface area contributed by atoms with Crippen molar-refractivity contribution in [3.8, 4) is 17.0 Å². The van der Waals surface area contributed by atoms with Crippen LogP contribution < -0.4 is 10.1 Å². The number of aromatic nitrogens is 1. The Bertz CT molecular complexity index is 1140. The molecule has 160 valence electrons. The topological polar surface area (TPSA) is 88.5 Å². The number of carboxylic acid groups (broad SMARTS) is 1. The normalized spacial score (nSPS) is 11.6. The van der Waals surface area contributed by atoms with E-state index in [4.69, 9.17) is 16.3 Å². The first-order valence-electron chi connectivity index (χ1n) is 9.07. The third kappa shape index (κ3) is 5.16. The number of hydrogen-bond acceptors (Lipinski definition) is 4. The summed E-state index contributed by atoms with van der Waals surface area (Å²) in [6, 6.07) is 11.3. The highest BCUT2D eigenvalue weighted by atomic mass is 35.5. The van der Waals surface area contributed by atoms with E-state index in [-0.39, 0.29) is 27.7 Å². The molecule has 3 aromatic rings. The summed E-state index contributed by atoms with van der Waals surface area (Å²) in [5.41, 5.74) is 0.459. The lowest BCUT2D eigenvalue weighted by atomic mass is 10.0. The SMILES string of the molecule is COc1ccc(C(=O)N[C@@H](CC(=O)O)c2ccccc2F)nc1-c1ccc(Cl)c(F)c1. The number of hydrogen-bond donors (Lipinski definition) is 2. The average Bonchev–Trinajstić information content (AvgIpc) is 2.74. The van der Waals surface area contributed by atoms with Gasteiger partial charge >= 0.3 is 5.97 Å². The Hall–Kier alpha value is -3.52. The van der Waals surface area contributed by atoms with Gasteiger partial charge in [0, 0.05) is 11.1 Å². The first-order chi connectivity index (χ1) is 14.8. The van der Waals surface area contributed by atoms with Crippen LogP contribution in [0.25, 0.3) is 11.3 Å². The summed E-state index contributed by atoms with van der Waals surface area (Å²) in [5.74, 6) is -2.97. The predicted molar refractivity (Wildman–Crippen MR) is 110 cm³/mol. The van der Waals surface area contributed by atoms with Crippen LogP contribution in [0.1, 0.15) is 28.5 Å². The highest BCUT2D eigenvalue weighted by Gasteiger charge is 2.23. The van der Waals surface area contributed by atoms with Gasteiger partial charge in [-0.05, 0) is 30.3 Å². The van der Waals surface area contributed by atoms with Gasteiger partial charge in [0.2, 0.25) is 0 Å². The number of nitrogens with one attached hydrogen (secondary N) is 1. The fourth-order valence-corrected chi connectivity index (χ4v) is 3.11. The molecule has 1 amide bonds. The Balaban J connectivity index is 1.95. The zero-order chi connectivity index (χ0) is 22.5. The van der Waals surface area contributed by atoms with Crippen LogP contribution in [-0.2, 0) is 4.79 Å². The lowest BCUT2D eigenvalue weighted by molar-refractivity contribution is -0.137. The second-order valence-corrected chi connectivity index (χ2v) is 6.93. The van der Waals surface area contributed by atoms with Crippen LogP contribution in [0.3, 0.4) is 0 Å². The molecular weight excluding hydrogens is 430 g/mol. The van der Waals surface area contributed by atoms with Gasteiger partial charge in [0.15, 0.2) is 0 Å². The van der Waals surface area contributed by atoms with Crippen molar-refractivity contribution in [1.82, 2.24) is 10.3 Å². The number of benzene rings is 2. The Labute approximate surface area is 181 Å². The second kappa shape index (κ2) is 9.53. The smallest absolute Gasteiger partial charge is 0.305 e. The molecule has 3 rings (SSSR count). The maximum atomic E-state index is 14.2. The minimum atomic E-state index is -1.21. The first-order valence-corrected chi connectivity index (χ1v) is 9.45. The van der Waals surface area contributed by atoms with E-state index in [1.165, 1.54) is 55.6 Å². The van der Waals surface area contributed by atoms with E-state index >= 15 is 0 Å². The quantitative estimate of drug-likeness (QED) is 0.552. The molecule has 6 nitrogen and oxygen atoms in total. The zero-order valence-electron chi connectivity index (χ0n) is 16.2. The fraction of sp³-hybridized carbons (Fsp3) is 0.136. The zero-order valence-corrected chi connectivity index (χ0v) is 17.0. The van der Waals surface area contributed by atoms with Gasteiger partial charge in [-0.3, -0.25) is 9.59 Å². The van der Waals surface area contributed by atoms with Gasteiger partial charge in [-0.25, -0.2) is 13.8 Å². The summed E-state index contributed by atoms with van der Waals surface area (Å²) < 4.78 is 33.3. The number of carboxylic acids is 1. The van der Waals surface area contributed by atoms with Gasteiger partial charge in [0.25, 0.3) is 5.91 Å². The molecule has 1 aromatic heterocycles. The summed E-state index contributed by atoms with van der Waals surface area (Å²) in [4.78, 5) is 28.3. The Morgan fingerprint density at radius 3 is 2.52 bits per heavy atom. The number of methoxy groups -OCH3 is 1. The molecule has 0 saturated heterocycles. The molecule has 1 atom stereocenters. The van der Waals surface area contributed by atoms with Crippen molar-refractivity contribution < 1.29 is 28.2 Å². The molecule has 2 N–H and O–H groups in total. The van der Waals surface area contributed by atoms with E-state index in [0.717, 1.165) is 6.07 Å². The van der Waals surface area contributed by atoms with Gasteiger partial charge < -0.3 is 15.2 Å². The molecule has 0 aliphatic rings. The van der Waals surface area contributed by atoms with E-state index in [0.29, 0.717) is 5.56 Å². The number of amides is 1. The summed E-state index contributed by atoms with van der Waals surface area (Å²) in [7, 11) is 1.40. The molecule has 9 heteroatoms. The summed E-state index contributed by atoms with van der Waals surface area (Å²) in [6.07, 6.45) is -0.530. The van der Waals surface area contributed by atoms with Crippen molar-refractivity contribution in [2.45, 2.75) is 12.5 Å². The molecular formula is C22H17ClF2N2O4. The van der Waals surface area contributed by atoms with Crippen molar-refractivity contribution >= 4 is 23.5 Å². The third-order valence-corrected chi connectivity index (χ3v) is 4.78. The van der Waals surface area contributed by atoms with Crippen molar-refractivity contribution in [2.75, 3.05) is 7.11 Å². The van der Waals surface area contributed by atoms with Crippen molar-refractivity contribution in [1.29, 1.82) is 0 Å². The number of aliphatic carboxylic acids is 1. The monoisotopic (exact) mass is 446 g/mol. The summed E-state index contributed by atoms with van der Waals surface area (Å²) in [5, 5.41) is 11.6. The maximum absolute atomic E-state index is 14.2. The molecule has 0 radical (unpaired) electrons. The number of carbonyl (C=O) groups excluding carboxylic acids is 1. The third-order valence-electron chi connectivity index (χ3n) is 4.47. The molecule has 0 unspecified atom stereocenters. The molecule has 1 heterocycles. The van der Waals surface area contributed by atoms with E-state index < -0.39 is 36.0 Å². The second-order valence-electron chi connectivity index (χ2n) is 6.52. The molecule has 0 bridgehead atoms. The summed E-state index contributed by atoms with van der Waals surface area (Å²) in [6.45, 7) is 0. The highest BCUT2D eigenvalue weighted by Crippen LogP contribution is 2.30. The lowest BCUT2D eigenvalue weighted by Gasteiger charge is -2.18. The number of nitrogens with zero attached hydrogens (tertiary/aromatic N) is 1. The number of halogens is 3. The van der Waals surface area contributed by atoms with Crippen LogP contribution in [0.2, 0.25) is 5.02 Å². The minimum absolute atomic E-state index is 0.0340. The van der Waals surface area contributed by atoms with Crippen LogP contribution in [0, 0.1) is 11.6 Å². The minimum Gasteiger partial charge on any atom is -0.494 e. The molecule has 0 aliphatic carbocycles. The molecule has 31 heavy (non-hydrogen) atoms. The Kier molecular flexibility index (Phi) is 6.81. The van der Waals surface area contributed by atoms with Crippen LogP contribution >= 0.6 is 11.6 Å². The van der Waals surface area contributed by atoms with E-state index in [2.05, 4.69) is 10.3 Å². The van der Waals surface area contributed by atoms with Crippen molar-refractivity contribution in [2.24, 2.45) is 0 Å². The van der Waals surface area contributed by atoms with Gasteiger partial charge in [0.05, 0.1) is 24.6 Å². The Morgan fingerprint density at radius 2 is 1.87 bits per heavy atom. The van der Waals surface area contributed by atoms with E-state index in [9.17, 15) is 23.5 Å². The van der Waals surface area contributed by atoms with Crippen LogP contribution in [0.4, 0.5) is 8.78 Å². The lowest BCUT2D eigenvalue weighted by Crippen LogP contribution is -2.31. The van der Waals surface area contributed by atoms with Gasteiger partial charge in [-0.15, -0.1) is 0 Å². The van der Waals surface area contributed by atoms with Crippen molar-refractivity contribution in [3.63, 3.8) is 0 Å².